The van der Waals surface area contributed by atoms with Crippen molar-refractivity contribution in [2.45, 2.75) is 57.0 Å². The van der Waals surface area contributed by atoms with Crippen LogP contribution in [0.3, 0.4) is 0 Å². The van der Waals surface area contributed by atoms with Crippen LogP contribution in [0.5, 0.6) is 5.88 Å². The van der Waals surface area contributed by atoms with Gasteiger partial charge in [0.1, 0.15) is 11.3 Å². The van der Waals surface area contributed by atoms with E-state index < -0.39 is 66.3 Å². The number of anilines is 2. The Morgan fingerprint density at radius 3 is 2.38 bits per heavy atom. The molecule has 1 aliphatic carbocycles. The average Bonchev–Trinajstić information content (AvgIpc) is 3.62. The number of aromatic amines is 1. The van der Waals surface area contributed by atoms with Crippen LogP contribution in [-0.4, -0.2) is 56.6 Å². The van der Waals surface area contributed by atoms with Gasteiger partial charge in [-0.05, 0) is 61.6 Å². The molecule has 3 heterocycles. The molecule has 0 unspecified atom stereocenters. The fraction of sp³-hybridized carbons (Fsp3) is 0.400. The number of amides is 2. The van der Waals surface area contributed by atoms with Gasteiger partial charge in [-0.25, -0.2) is 8.78 Å². The predicted octanol–water partition coefficient (Wildman–Crippen LogP) is 6.48. The van der Waals surface area contributed by atoms with Crippen molar-refractivity contribution < 1.29 is 49.4 Å². The lowest BCUT2D eigenvalue weighted by atomic mass is 9.85. The van der Waals surface area contributed by atoms with Gasteiger partial charge >= 0.3 is 12.4 Å². The zero-order valence-electron chi connectivity index (χ0n) is 25.1. The molecule has 2 amide bonds. The summed E-state index contributed by atoms with van der Waals surface area (Å²) in [6.07, 6.45) is -10.8. The zero-order valence-corrected chi connectivity index (χ0v) is 25.1. The number of carbonyl (C=O) groups excluding carboxylic acids is 2. The Balaban J connectivity index is 1.38. The number of aryl methyl sites for hydroxylation is 1. The Hall–Kier alpha value is -4.90. The van der Waals surface area contributed by atoms with E-state index in [4.69, 9.17) is 4.74 Å². The molecule has 1 aliphatic rings. The highest BCUT2D eigenvalue weighted by Gasteiger charge is 2.41. The molecule has 4 N–H and O–H groups in total. The van der Waals surface area contributed by atoms with Gasteiger partial charge in [-0.3, -0.25) is 9.59 Å². The van der Waals surface area contributed by atoms with Crippen LogP contribution < -0.4 is 20.7 Å². The molecule has 0 atom stereocenters. The van der Waals surface area contributed by atoms with E-state index in [0.717, 1.165) is 18.2 Å². The maximum absolute atomic E-state index is 13.9. The molecule has 5 rings (SSSR count). The summed E-state index contributed by atoms with van der Waals surface area (Å²) < 4.78 is 113. The third-order valence-corrected chi connectivity index (χ3v) is 7.83. The number of nitrogens with one attached hydrogen (secondary N) is 4. The van der Waals surface area contributed by atoms with Crippen LogP contribution in [0.2, 0.25) is 0 Å². The van der Waals surface area contributed by atoms with Crippen LogP contribution in [0.4, 0.5) is 46.8 Å². The number of hydrogen-bond donors (Lipinski definition) is 4. The van der Waals surface area contributed by atoms with Crippen molar-refractivity contribution in [1.29, 1.82) is 0 Å². The van der Waals surface area contributed by atoms with Gasteiger partial charge in [0.2, 0.25) is 11.8 Å². The molecular weight excluding hydrogens is 658 g/mol. The summed E-state index contributed by atoms with van der Waals surface area (Å²) in [5, 5.41) is 7.76. The van der Waals surface area contributed by atoms with Gasteiger partial charge in [-0.15, -0.1) is 0 Å². The number of hydrogen-bond acceptors (Lipinski definition) is 6. The number of halogens is 8. The Kier molecular flexibility index (Phi) is 9.81. The van der Waals surface area contributed by atoms with Gasteiger partial charge < -0.3 is 30.2 Å². The predicted molar refractivity (Wildman–Crippen MR) is 156 cm³/mol. The van der Waals surface area contributed by atoms with Crippen LogP contribution in [0, 0.1) is 5.92 Å². The second-order valence-corrected chi connectivity index (χ2v) is 11.3. The maximum atomic E-state index is 13.9. The number of imidazole rings is 1. The quantitative estimate of drug-likeness (QED) is 0.142. The van der Waals surface area contributed by atoms with E-state index in [-0.39, 0.29) is 54.9 Å². The zero-order chi connectivity index (χ0) is 34.8. The van der Waals surface area contributed by atoms with Crippen molar-refractivity contribution in [2.75, 3.05) is 11.9 Å². The number of rotatable bonds is 10. The summed E-state index contributed by atoms with van der Waals surface area (Å²) >= 11 is 0. The Morgan fingerprint density at radius 1 is 1.02 bits per heavy atom. The van der Waals surface area contributed by atoms with Crippen LogP contribution in [0.1, 0.15) is 57.7 Å². The lowest BCUT2D eigenvalue weighted by Gasteiger charge is -2.30. The topological polar surface area (TPSA) is 126 Å². The molecule has 0 spiro atoms. The first-order valence-corrected chi connectivity index (χ1v) is 14.6. The number of ether oxygens (including phenoxy) is 1. The Morgan fingerprint density at radius 2 is 1.75 bits per heavy atom. The summed E-state index contributed by atoms with van der Waals surface area (Å²) in [6.45, 7) is -1.26. The SMILES string of the molecule is Cn1cccc1C(=O)NCc1ccc(C(F)(F)F)c(Nc2nc3nc(OCC(F)F)c(C(=O)NC4CCC(C(F)(F)F)CC4)cc3[nH]2)c1. The standard InChI is InChI=1S/C30H29F8N7O3/c1-45-10-2-3-22(45)26(47)39-13-15-4-9-19(30(36,37)38)20(11-15)41-28-42-21-12-18(27(43-24(21)44-28)48-14-23(31)32)25(46)40-17-7-5-16(6-8-17)29(33,34)35/h2-4,9-12,16-17,23H,5-8,13-14H2,1H3,(H,39,47)(H,40,46)(H2,41,42,43,44). The second-order valence-electron chi connectivity index (χ2n) is 11.3. The van der Waals surface area contributed by atoms with Crippen LogP contribution >= 0.6 is 0 Å². The number of H-pyrrole nitrogens is 1. The van der Waals surface area contributed by atoms with Crippen LogP contribution in [-0.2, 0) is 19.8 Å². The molecule has 1 aromatic carbocycles. The minimum absolute atomic E-state index is 0.0207. The minimum Gasteiger partial charge on any atom is -0.471 e. The Labute approximate surface area is 267 Å². The second kappa shape index (κ2) is 13.7. The van der Waals surface area contributed by atoms with E-state index >= 15 is 0 Å². The maximum Gasteiger partial charge on any atom is 0.418 e. The first kappa shape index (κ1) is 34.4. The van der Waals surface area contributed by atoms with Crippen LogP contribution in [0.25, 0.3) is 11.2 Å². The molecule has 0 aliphatic heterocycles. The van der Waals surface area contributed by atoms with Gasteiger partial charge in [-0.1, -0.05) is 6.07 Å². The van der Waals surface area contributed by atoms with E-state index in [1.165, 1.54) is 6.07 Å². The highest BCUT2D eigenvalue weighted by Crippen LogP contribution is 2.38. The fourth-order valence-corrected chi connectivity index (χ4v) is 5.38. The summed E-state index contributed by atoms with van der Waals surface area (Å²) in [6, 6.07) is 6.95. The monoisotopic (exact) mass is 687 g/mol. The number of alkyl halides is 8. The van der Waals surface area contributed by atoms with Gasteiger partial charge in [0.25, 0.3) is 18.2 Å². The van der Waals surface area contributed by atoms with Gasteiger partial charge in [0.15, 0.2) is 12.3 Å². The molecule has 258 valence electrons. The molecule has 18 heteroatoms. The largest absolute Gasteiger partial charge is 0.471 e. The first-order chi connectivity index (χ1) is 22.6. The lowest BCUT2D eigenvalue weighted by Crippen LogP contribution is -2.40. The smallest absolute Gasteiger partial charge is 0.418 e. The number of nitrogens with zero attached hydrogens (tertiary/aromatic N) is 3. The van der Waals surface area contributed by atoms with Crippen molar-refractivity contribution in [3.8, 4) is 5.88 Å². The van der Waals surface area contributed by atoms with Crippen molar-refractivity contribution in [1.82, 2.24) is 30.2 Å². The molecule has 4 aromatic rings. The van der Waals surface area contributed by atoms with E-state index in [2.05, 4.69) is 30.9 Å². The highest BCUT2D eigenvalue weighted by molar-refractivity contribution is 5.99. The minimum atomic E-state index is -4.79. The average molecular weight is 688 g/mol. The fourth-order valence-electron chi connectivity index (χ4n) is 5.38. The third kappa shape index (κ3) is 8.14. The van der Waals surface area contributed by atoms with Crippen molar-refractivity contribution in [3.05, 3.63) is 65.0 Å². The molecule has 1 fully saturated rings. The normalized spacial score (nSPS) is 17.0. The molecule has 3 aromatic heterocycles. The molecular formula is C30H29F8N7O3. The van der Waals surface area contributed by atoms with Gasteiger partial charge in [0.05, 0.1) is 22.7 Å². The summed E-state index contributed by atoms with van der Waals surface area (Å²) in [7, 11) is 1.66. The number of pyridine rings is 1. The van der Waals surface area contributed by atoms with E-state index in [9.17, 15) is 44.7 Å². The molecule has 0 bridgehead atoms. The summed E-state index contributed by atoms with van der Waals surface area (Å²) in [5.74, 6) is -3.59. The molecule has 1 saturated carbocycles. The van der Waals surface area contributed by atoms with E-state index in [1.807, 2.05) is 0 Å². The van der Waals surface area contributed by atoms with E-state index in [0.29, 0.717) is 11.3 Å². The third-order valence-electron chi connectivity index (χ3n) is 7.83. The van der Waals surface area contributed by atoms with Crippen LogP contribution in [0.15, 0.2) is 42.6 Å². The molecule has 48 heavy (non-hydrogen) atoms. The summed E-state index contributed by atoms with van der Waals surface area (Å²) in [5.41, 5.74) is -1.34. The molecule has 10 nitrogen and oxygen atoms in total. The summed E-state index contributed by atoms with van der Waals surface area (Å²) in [4.78, 5) is 36.4. The Bertz CT molecular complexity index is 1780. The number of benzene rings is 1. The number of aromatic nitrogens is 4. The first-order valence-electron chi connectivity index (χ1n) is 14.6. The molecule has 0 radical (unpaired) electrons. The number of carbonyl (C=O) groups is 2. The van der Waals surface area contributed by atoms with Crippen molar-refractivity contribution in [3.63, 3.8) is 0 Å². The van der Waals surface area contributed by atoms with Crippen molar-refractivity contribution >= 4 is 34.6 Å². The van der Waals surface area contributed by atoms with Gasteiger partial charge in [0, 0.05) is 25.8 Å². The van der Waals surface area contributed by atoms with Gasteiger partial charge in [-0.2, -0.15) is 36.3 Å². The number of fused-ring (bicyclic) bond motifs is 1. The molecule has 0 saturated heterocycles. The highest BCUT2D eigenvalue weighted by atomic mass is 19.4. The van der Waals surface area contributed by atoms with E-state index in [1.54, 1.807) is 29.9 Å². The van der Waals surface area contributed by atoms with Crippen molar-refractivity contribution in [2.24, 2.45) is 13.0 Å². The lowest BCUT2D eigenvalue weighted by molar-refractivity contribution is -0.182.